The molecular formula is C20H44NO+. The van der Waals surface area contributed by atoms with Gasteiger partial charge in [0.15, 0.2) is 0 Å². The Morgan fingerprint density at radius 1 is 0.682 bits per heavy atom. The van der Waals surface area contributed by atoms with Crippen molar-refractivity contribution in [2.24, 2.45) is 0 Å². The molecule has 2 heteroatoms. The maximum absolute atomic E-state index is 9.25. The first-order chi connectivity index (χ1) is 10.6. The summed E-state index contributed by atoms with van der Waals surface area (Å²) >= 11 is 0. The van der Waals surface area contributed by atoms with Gasteiger partial charge in [-0.1, -0.05) is 78.1 Å². The van der Waals surface area contributed by atoms with E-state index < -0.39 is 0 Å². The van der Waals surface area contributed by atoms with Gasteiger partial charge in [0.2, 0.25) is 0 Å². The molecule has 22 heavy (non-hydrogen) atoms. The summed E-state index contributed by atoms with van der Waals surface area (Å²) in [5.41, 5.74) is 0. The van der Waals surface area contributed by atoms with Crippen LogP contribution in [0.5, 0.6) is 0 Å². The predicted octanol–water partition coefficient (Wildman–Crippen LogP) is 5.53. The molecule has 0 aromatic heterocycles. The number of quaternary nitrogens is 1. The number of aliphatic hydroxyl groups excluding tert-OH is 1. The third-order valence-electron chi connectivity index (χ3n) is 5.18. The lowest BCUT2D eigenvalue weighted by atomic mass is 9.99. The van der Waals surface area contributed by atoms with E-state index in [1.807, 2.05) is 0 Å². The van der Waals surface area contributed by atoms with Gasteiger partial charge in [-0.25, -0.2) is 0 Å². The summed E-state index contributed by atoms with van der Waals surface area (Å²) < 4.78 is 0.988. The number of likely N-dealkylation sites (N-methyl/N-ethyl adjacent to an activating group) is 1. The standard InChI is InChI=1S/C20H44NO/c1-5-7-8-9-10-11-12-13-14-15-17-20(16-6-2)21(3,4)18-19-22/h20,22H,5-19H2,1-4H3/q+1. The molecule has 0 bridgehead atoms. The first-order valence-electron chi connectivity index (χ1n) is 10.0. The minimum Gasteiger partial charge on any atom is -0.391 e. The Balaban J connectivity index is 3.64. The number of aliphatic hydroxyl groups is 1. The Morgan fingerprint density at radius 3 is 1.64 bits per heavy atom. The van der Waals surface area contributed by atoms with Crippen LogP contribution in [0.15, 0.2) is 0 Å². The van der Waals surface area contributed by atoms with Crippen molar-refractivity contribution >= 4 is 0 Å². The van der Waals surface area contributed by atoms with Crippen molar-refractivity contribution in [1.82, 2.24) is 0 Å². The average Bonchev–Trinajstić information content (AvgIpc) is 2.48. The molecule has 0 fully saturated rings. The summed E-state index contributed by atoms with van der Waals surface area (Å²) in [6.07, 6.45) is 18.0. The van der Waals surface area contributed by atoms with Crippen LogP contribution in [-0.4, -0.2) is 42.9 Å². The van der Waals surface area contributed by atoms with Crippen LogP contribution >= 0.6 is 0 Å². The van der Waals surface area contributed by atoms with Gasteiger partial charge in [0.05, 0.1) is 26.7 Å². The Labute approximate surface area is 140 Å². The lowest BCUT2D eigenvalue weighted by Crippen LogP contribution is -2.50. The molecule has 1 unspecified atom stereocenters. The first kappa shape index (κ1) is 21.9. The van der Waals surface area contributed by atoms with Crippen molar-refractivity contribution in [3.8, 4) is 0 Å². The van der Waals surface area contributed by atoms with E-state index in [1.165, 1.54) is 83.5 Å². The molecule has 1 atom stereocenters. The maximum Gasteiger partial charge on any atom is 0.102 e. The highest BCUT2D eigenvalue weighted by Gasteiger charge is 2.26. The summed E-state index contributed by atoms with van der Waals surface area (Å²) in [4.78, 5) is 0. The van der Waals surface area contributed by atoms with Crippen LogP contribution in [0.4, 0.5) is 0 Å². The molecule has 0 aromatic carbocycles. The molecule has 0 saturated carbocycles. The molecule has 0 aliphatic heterocycles. The van der Waals surface area contributed by atoms with Gasteiger partial charge in [-0.2, -0.15) is 0 Å². The van der Waals surface area contributed by atoms with Crippen molar-refractivity contribution in [2.45, 2.75) is 103 Å². The molecule has 0 heterocycles. The second-order valence-corrected chi connectivity index (χ2v) is 7.64. The second kappa shape index (κ2) is 14.5. The topological polar surface area (TPSA) is 20.2 Å². The molecule has 0 spiro atoms. The Morgan fingerprint density at radius 2 is 1.18 bits per heavy atom. The molecule has 0 rings (SSSR count). The zero-order valence-corrected chi connectivity index (χ0v) is 16.1. The summed E-state index contributed by atoms with van der Waals surface area (Å²) in [5.74, 6) is 0. The third kappa shape index (κ3) is 11.5. The van der Waals surface area contributed by atoms with E-state index in [2.05, 4.69) is 27.9 Å². The maximum atomic E-state index is 9.25. The van der Waals surface area contributed by atoms with Crippen molar-refractivity contribution in [1.29, 1.82) is 0 Å². The second-order valence-electron chi connectivity index (χ2n) is 7.64. The van der Waals surface area contributed by atoms with Crippen LogP contribution < -0.4 is 0 Å². The van der Waals surface area contributed by atoms with Gasteiger partial charge in [-0.3, -0.25) is 0 Å². The van der Waals surface area contributed by atoms with Crippen LogP contribution in [0.2, 0.25) is 0 Å². The highest BCUT2D eigenvalue weighted by atomic mass is 16.3. The number of unbranched alkanes of at least 4 members (excludes halogenated alkanes) is 9. The highest BCUT2D eigenvalue weighted by molar-refractivity contribution is 4.60. The molecule has 1 N–H and O–H groups in total. The van der Waals surface area contributed by atoms with Gasteiger partial charge in [-0.15, -0.1) is 0 Å². The molecule has 0 radical (unpaired) electrons. The van der Waals surface area contributed by atoms with Gasteiger partial charge in [-0.05, 0) is 19.3 Å². The SMILES string of the molecule is CCCCCCCCCCCCC(CCC)[N+](C)(C)CCO. The zero-order chi connectivity index (χ0) is 16.7. The fourth-order valence-corrected chi connectivity index (χ4v) is 3.48. The number of hydrogen-bond acceptors (Lipinski definition) is 1. The van der Waals surface area contributed by atoms with E-state index in [9.17, 15) is 5.11 Å². The summed E-state index contributed by atoms with van der Waals surface area (Å²) in [5, 5.41) is 9.25. The van der Waals surface area contributed by atoms with Gasteiger partial charge in [0.25, 0.3) is 0 Å². The molecule has 0 aliphatic rings. The Hall–Kier alpha value is -0.0800. The monoisotopic (exact) mass is 314 g/mol. The minimum atomic E-state index is 0.311. The van der Waals surface area contributed by atoms with Crippen molar-refractivity contribution in [3.63, 3.8) is 0 Å². The lowest BCUT2D eigenvalue weighted by Gasteiger charge is -2.38. The van der Waals surface area contributed by atoms with E-state index in [0.29, 0.717) is 6.61 Å². The van der Waals surface area contributed by atoms with E-state index >= 15 is 0 Å². The van der Waals surface area contributed by atoms with Gasteiger partial charge in [0, 0.05) is 0 Å². The number of hydrogen-bond donors (Lipinski definition) is 1. The van der Waals surface area contributed by atoms with E-state index in [4.69, 9.17) is 0 Å². The van der Waals surface area contributed by atoms with Crippen molar-refractivity contribution in [3.05, 3.63) is 0 Å². The first-order valence-corrected chi connectivity index (χ1v) is 10.0. The van der Waals surface area contributed by atoms with E-state index in [1.54, 1.807) is 0 Å². The smallest absolute Gasteiger partial charge is 0.102 e. The van der Waals surface area contributed by atoms with Crippen molar-refractivity contribution < 1.29 is 9.59 Å². The summed E-state index contributed by atoms with van der Waals surface area (Å²) in [7, 11) is 4.57. The van der Waals surface area contributed by atoms with Gasteiger partial charge < -0.3 is 9.59 Å². The molecule has 0 aromatic rings. The molecule has 0 aliphatic carbocycles. The van der Waals surface area contributed by atoms with E-state index in [0.717, 1.165) is 17.1 Å². The Bertz CT molecular complexity index is 228. The minimum absolute atomic E-state index is 0.311. The van der Waals surface area contributed by atoms with Crippen molar-refractivity contribution in [2.75, 3.05) is 27.2 Å². The molecule has 2 nitrogen and oxygen atoms in total. The van der Waals surface area contributed by atoms with Crippen LogP contribution in [-0.2, 0) is 0 Å². The van der Waals surface area contributed by atoms with Crippen LogP contribution in [0, 0.1) is 0 Å². The molecule has 134 valence electrons. The zero-order valence-electron chi connectivity index (χ0n) is 16.1. The highest BCUT2D eigenvalue weighted by Crippen LogP contribution is 2.20. The fraction of sp³-hybridized carbons (Fsp3) is 1.00. The molecule has 0 amide bonds. The van der Waals surface area contributed by atoms with E-state index in [-0.39, 0.29) is 0 Å². The molecular weight excluding hydrogens is 270 g/mol. The largest absolute Gasteiger partial charge is 0.391 e. The summed E-state index contributed by atoms with van der Waals surface area (Å²) in [6, 6.07) is 0.728. The third-order valence-corrected chi connectivity index (χ3v) is 5.18. The summed E-state index contributed by atoms with van der Waals surface area (Å²) in [6.45, 7) is 5.77. The number of nitrogens with zero attached hydrogens (tertiary/aromatic N) is 1. The van der Waals surface area contributed by atoms with Gasteiger partial charge in [0.1, 0.15) is 6.54 Å². The van der Waals surface area contributed by atoms with Crippen LogP contribution in [0.1, 0.15) is 97.3 Å². The fourth-order valence-electron chi connectivity index (χ4n) is 3.48. The van der Waals surface area contributed by atoms with Gasteiger partial charge >= 0.3 is 0 Å². The van der Waals surface area contributed by atoms with Crippen LogP contribution in [0.3, 0.4) is 0 Å². The number of rotatable bonds is 16. The Kier molecular flexibility index (Phi) is 14.5. The predicted molar refractivity (Wildman–Crippen MR) is 99.2 cm³/mol. The normalized spacial score (nSPS) is 13.5. The molecule has 0 saturated heterocycles. The lowest BCUT2D eigenvalue weighted by molar-refractivity contribution is -0.916. The van der Waals surface area contributed by atoms with Crippen LogP contribution in [0.25, 0.3) is 0 Å². The average molecular weight is 315 g/mol. The quantitative estimate of drug-likeness (QED) is 0.293.